The molecule has 0 saturated carbocycles. The van der Waals surface area contributed by atoms with Crippen LogP contribution in [0.15, 0.2) is 78.6 Å². The first-order valence-electron chi connectivity index (χ1n) is 10.2. The number of benzene rings is 3. The molecule has 0 amide bonds. The van der Waals surface area contributed by atoms with Crippen LogP contribution in [0.1, 0.15) is 27.0 Å². The van der Waals surface area contributed by atoms with Crippen LogP contribution in [0.4, 0.5) is 0 Å². The van der Waals surface area contributed by atoms with E-state index in [1.54, 1.807) is 54.6 Å². The highest BCUT2D eigenvalue weighted by Crippen LogP contribution is 2.57. The van der Waals surface area contributed by atoms with Crippen molar-refractivity contribution in [1.82, 2.24) is 0 Å². The molecule has 0 radical (unpaired) electrons. The third-order valence-electron chi connectivity index (χ3n) is 6.37. The van der Waals surface area contributed by atoms with Gasteiger partial charge in [-0.15, -0.1) is 0 Å². The first-order chi connectivity index (χ1) is 15.9. The van der Waals surface area contributed by atoms with Crippen molar-refractivity contribution < 1.29 is 34.4 Å². The second-order valence-electron chi connectivity index (χ2n) is 8.05. The number of phenols is 3. The molecule has 2 unspecified atom stereocenters. The lowest BCUT2D eigenvalue weighted by atomic mass is 9.68. The summed E-state index contributed by atoms with van der Waals surface area (Å²) in [6.45, 7) is 0. The van der Waals surface area contributed by atoms with Gasteiger partial charge in [-0.2, -0.15) is 0 Å². The summed E-state index contributed by atoms with van der Waals surface area (Å²) in [4.78, 5) is 26.9. The van der Waals surface area contributed by atoms with Crippen LogP contribution in [0, 0.1) is 5.92 Å². The fraction of sp³-hybridized carbons (Fsp3) is 0.0769. The summed E-state index contributed by atoms with van der Waals surface area (Å²) in [7, 11) is 0. The van der Waals surface area contributed by atoms with Gasteiger partial charge >= 0.3 is 5.97 Å². The number of para-hydroxylation sites is 1. The van der Waals surface area contributed by atoms with E-state index in [0.29, 0.717) is 28.2 Å². The minimum atomic E-state index is -1.46. The van der Waals surface area contributed by atoms with Gasteiger partial charge in [0.05, 0.1) is 5.56 Å². The summed E-state index contributed by atoms with van der Waals surface area (Å²) in [5, 5.41) is 30.1. The van der Waals surface area contributed by atoms with Crippen molar-refractivity contribution in [3.63, 3.8) is 0 Å². The Bertz CT molecular complexity index is 1450. The average molecular weight is 440 g/mol. The van der Waals surface area contributed by atoms with Crippen molar-refractivity contribution in [2.75, 3.05) is 0 Å². The van der Waals surface area contributed by atoms with Crippen LogP contribution in [0.25, 0.3) is 5.57 Å². The average Bonchev–Trinajstić information content (AvgIpc) is 3.11. The molecule has 7 nitrogen and oxygen atoms in total. The number of aromatic hydroxyl groups is 3. The molecule has 2 atom stereocenters. The highest BCUT2D eigenvalue weighted by atomic mass is 16.6. The summed E-state index contributed by atoms with van der Waals surface area (Å²) in [6, 6.07) is 16.5. The van der Waals surface area contributed by atoms with Gasteiger partial charge in [0.1, 0.15) is 17.4 Å². The second kappa shape index (κ2) is 6.49. The largest absolute Gasteiger partial charge is 0.504 e. The Labute approximate surface area is 187 Å². The Balaban J connectivity index is 1.61. The normalized spacial score (nSPS) is 22.5. The van der Waals surface area contributed by atoms with Crippen molar-refractivity contribution in [3.8, 4) is 23.0 Å². The predicted octanol–water partition coefficient (Wildman–Crippen LogP) is 3.78. The van der Waals surface area contributed by atoms with Gasteiger partial charge in [-0.3, -0.25) is 4.79 Å². The predicted molar refractivity (Wildman–Crippen MR) is 116 cm³/mol. The summed E-state index contributed by atoms with van der Waals surface area (Å²) in [5.74, 6) is -3.16. The standard InChI is InChI=1S/C26H16O7/c27-18-11-9-14(23(29)24(18)30)13-10-12-20-21(22(13)28)26(17-7-3-4-8-19(17)32-20)16-6-2-1-5-15(16)25(31)33-26/h1-12,21,27,29-30H. The molecule has 0 bridgehead atoms. The van der Waals surface area contributed by atoms with Crippen LogP contribution in [0.3, 0.4) is 0 Å². The number of carbonyl (C=O) groups excluding carboxylic acids is 2. The van der Waals surface area contributed by atoms with Crippen molar-refractivity contribution >= 4 is 17.3 Å². The van der Waals surface area contributed by atoms with E-state index in [1.165, 1.54) is 18.2 Å². The molecule has 162 valence electrons. The van der Waals surface area contributed by atoms with E-state index < -0.39 is 40.5 Å². The molecule has 1 spiro atoms. The molecular weight excluding hydrogens is 424 g/mol. The Hall–Kier alpha value is -4.52. The van der Waals surface area contributed by atoms with E-state index in [0.717, 1.165) is 0 Å². The number of ether oxygens (including phenoxy) is 2. The minimum Gasteiger partial charge on any atom is -0.504 e. The maximum Gasteiger partial charge on any atom is 0.339 e. The van der Waals surface area contributed by atoms with Gasteiger partial charge in [0.25, 0.3) is 0 Å². The Kier molecular flexibility index (Phi) is 3.77. The third-order valence-corrected chi connectivity index (χ3v) is 6.37. The summed E-state index contributed by atoms with van der Waals surface area (Å²) >= 11 is 0. The molecule has 3 aliphatic rings. The number of ketones is 1. The summed E-state index contributed by atoms with van der Waals surface area (Å²) in [6.07, 6.45) is 3.07. The van der Waals surface area contributed by atoms with E-state index in [4.69, 9.17) is 9.47 Å². The molecule has 2 heterocycles. The van der Waals surface area contributed by atoms with Gasteiger partial charge in [-0.05, 0) is 36.4 Å². The fourth-order valence-electron chi connectivity index (χ4n) is 4.92. The van der Waals surface area contributed by atoms with Gasteiger partial charge in [0.15, 0.2) is 22.9 Å². The zero-order chi connectivity index (χ0) is 22.9. The number of rotatable bonds is 1. The molecule has 33 heavy (non-hydrogen) atoms. The fourth-order valence-corrected chi connectivity index (χ4v) is 4.92. The molecule has 3 aromatic rings. The minimum absolute atomic E-state index is 0.0391. The number of phenolic OH excluding ortho intramolecular Hbond substituents is 3. The smallest absolute Gasteiger partial charge is 0.339 e. The summed E-state index contributed by atoms with van der Waals surface area (Å²) in [5.41, 5.74) is 0.116. The molecule has 3 N–H and O–H groups in total. The molecule has 0 saturated heterocycles. The van der Waals surface area contributed by atoms with Crippen LogP contribution in [-0.2, 0) is 15.1 Å². The van der Waals surface area contributed by atoms with E-state index in [-0.39, 0.29) is 11.1 Å². The molecular formula is C26H16O7. The van der Waals surface area contributed by atoms with Gasteiger partial charge in [-0.25, -0.2) is 4.79 Å². The van der Waals surface area contributed by atoms with Crippen LogP contribution in [0.2, 0.25) is 0 Å². The van der Waals surface area contributed by atoms with Crippen molar-refractivity contribution in [2.45, 2.75) is 5.60 Å². The van der Waals surface area contributed by atoms with Gasteiger partial charge in [-0.1, -0.05) is 36.4 Å². The third kappa shape index (κ3) is 2.39. The van der Waals surface area contributed by atoms with Gasteiger partial charge < -0.3 is 24.8 Å². The molecule has 0 aromatic heterocycles. The topological polar surface area (TPSA) is 113 Å². The van der Waals surface area contributed by atoms with Crippen molar-refractivity contribution in [3.05, 3.63) is 101 Å². The lowest BCUT2D eigenvalue weighted by Crippen LogP contribution is -2.47. The molecule has 6 rings (SSSR count). The van der Waals surface area contributed by atoms with E-state index in [9.17, 15) is 24.9 Å². The first kappa shape index (κ1) is 19.2. The van der Waals surface area contributed by atoms with Crippen molar-refractivity contribution in [2.24, 2.45) is 5.92 Å². The number of esters is 1. The number of allylic oxidation sites excluding steroid dienone is 3. The Morgan fingerprint density at radius 3 is 2.30 bits per heavy atom. The quantitative estimate of drug-likeness (QED) is 0.390. The van der Waals surface area contributed by atoms with Crippen LogP contribution >= 0.6 is 0 Å². The zero-order valence-corrected chi connectivity index (χ0v) is 17.0. The van der Waals surface area contributed by atoms with Gasteiger partial charge in [0.2, 0.25) is 5.75 Å². The lowest BCUT2D eigenvalue weighted by Gasteiger charge is -2.43. The Morgan fingerprint density at radius 1 is 0.758 bits per heavy atom. The number of fused-ring (bicyclic) bond motifs is 6. The highest BCUT2D eigenvalue weighted by Gasteiger charge is 2.61. The van der Waals surface area contributed by atoms with Gasteiger partial charge in [0, 0.05) is 22.3 Å². The number of hydrogen-bond donors (Lipinski definition) is 3. The first-order valence-corrected chi connectivity index (χ1v) is 10.2. The monoisotopic (exact) mass is 440 g/mol. The molecule has 3 aromatic carbocycles. The molecule has 0 fully saturated rings. The SMILES string of the molecule is O=C1OC2(c3ccccc3OC3=CC=C(c4ccc(O)c(O)c4O)C(=O)C32)c2ccccc21. The number of hydrogen-bond acceptors (Lipinski definition) is 7. The van der Waals surface area contributed by atoms with Crippen molar-refractivity contribution in [1.29, 1.82) is 0 Å². The maximum atomic E-state index is 14.0. The van der Waals surface area contributed by atoms with E-state index >= 15 is 0 Å². The number of Topliss-reactive ketones (excluding diaryl/α,β-unsaturated/α-hetero) is 1. The number of carbonyl (C=O) groups is 2. The second-order valence-corrected chi connectivity index (χ2v) is 8.05. The van der Waals surface area contributed by atoms with E-state index in [1.807, 2.05) is 0 Å². The molecule has 1 aliphatic carbocycles. The Morgan fingerprint density at radius 2 is 1.48 bits per heavy atom. The lowest BCUT2D eigenvalue weighted by molar-refractivity contribution is -0.124. The van der Waals surface area contributed by atoms with Crippen LogP contribution < -0.4 is 4.74 Å². The maximum absolute atomic E-state index is 14.0. The zero-order valence-electron chi connectivity index (χ0n) is 17.0. The van der Waals surface area contributed by atoms with E-state index in [2.05, 4.69) is 0 Å². The highest BCUT2D eigenvalue weighted by molar-refractivity contribution is 6.25. The summed E-state index contributed by atoms with van der Waals surface area (Å²) < 4.78 is 12.1. The molecule has 7 heteroatoms. The van der Waals surface area contributed by atoms with Crippen LogP contribution in [-0.4, -0.2) is 27.1 Å². The van der Waals surface area contributed by atoms with Crippen LogP contribution in [0.5, 0.6) is 23.0 Å². The molecule has 2 aliphatic heterocycles.